The second-order valence-corrected chi connectivity index (χ2v) is 6.12. The molecule has 3 aromatic rings. The molecule has 0 unspecified atom stereocenters. The van der Waals surface area contributed by atoms with Crippen LogP contribution in [0.25, 0.3) is 10.9 Å². The first kappa shape index (κ1) is 17.7. The number of carbonyl (C=O) groups excluding carboxylic acids is 1. The number of ether oxygens (including phenoxy) is 1. The quantitative estimate of drug-likeness (QED) is 0.709. The van der Waals surface area contributed by atoms with Gasteiger partial charge in [-0.05, 0) is 25.1 Å². The Balaban J connectivity index is 1.83. The molecule has 0 saturated heterocycles. The number of hydrogen-bond donors (Lipinski definition) is 0. The average Bonchev–Trinajstić information content (AvgIpc) is 2.69. The molecule has 0 spiro atoms. The Hall–Kier alpha value is -3.15. The number of amides is 1. The third kappa shape index (κ3) is 3.31. The fourth-order valence-electron chi connectivity index (χ4n) is 2.91. The van der Waals surface area contributed by atoms with Crippen LogP contribution in [0, 0.1) is 0 Å². The van der Waals surface area contributed by atoms with Gasteiger partial charge in [-0.3, -0.25) is 14.2 Å². The molecule has 0 fully saturated rings. The Morgan fingerprint density at radius 3 is 2.65 bits per heavy atom. The van der Waals surface area contributed by atoms with E-state index in [9.17, 15) is 9.59 Å². The molecule has 1 amide bonds. The summed E-state index contributed by atoms with van der Waals surface area (Å²) >= 11 is 0. The average molecular weight is 351 g/mol. The van der Waals surface area contributed by atoms with E-state index in [4.69, 9.17) is 4.74 Å². The van der Waals surface area contributed by atoms with E-state index < -0.39 is 0 Å². The summed E-state index contributed by atoms with van der Waals surface area (Å²) in [7, 11) is 3.33. The highest BCUT2D eigenvalue weighted by atomic mass is 16.5. The van der Waals surface area contributed by atoms with E-state index in [2.05, 4.69) is 4.98 Å². The van der Waals surface area contributed by atoms with Gasteiger partial charge in [-0.15, -0.1) is 0 Å². The first-order valence-electron chi connectivity index (χ1n) is 8.35. The van der Waals surface area contributed by atoms with Gasteiger partial charge in [-0.2, -0.15) is 0 Å². The zero-order valence-electron chi connectivity index (χ0n) is 15.0. The fourth-order valence-corrected chi connectivity index (χ4v) is 2.91. The van der Waals surface area contributed by atoms with Gasteiger partial charge in [-0.1, -0.05) is 30.3 Å². The van der Waals surface area contributed by atoms with E-state index in [-0.39, 0.29) is 24.1 Å². The number of nitrogens with zero attached hydrogens (tertiary/aromatic N) is 3. The second kappa shape index (κ2) is 7.39. The third-order valence-electron chi connectivity index (χ3n) is 4.60. The maximum Gasteiger partial charge on any atom is 0.261 e. The summed E-state index contributed by atoms with van der Waals surface area (Å²) in [5.41, 5.74) is 1.31. The molecule has 3 rings (SSSR count). The summed E-state index contributed by atoms with van der Waals surface area (Å²) < 4.78 is 6.72. The summed E-state index contributed by atoms with van der Waals surface area (Å²) in [4.78, 5) is 31.1. The zero-order chi connectivity index (χ0) is 18.7. The van der Waals surface area contributed by atoms with Crippen LogP contribution in [0.3, 0.4) is 0 Å². The summed E-state index contributed by atoms with van der Waals surface area (Å²) in [5, 5.41) is 0.503. The number of para-hydroxylation sites is 2. The van der Waals surface area contributed by atoms with Crippen molar-refractivity contribution in [2.75, 3.05) is 14.2 Å². The number of likely N-dealkylation sites (N-methyl/N-ethyl adjacent to an activating group) is 1. The molecule has 26 heavy (non-hydrogen) atoms. The number of hydrogen-bond acceptors (Lipinski definition) is 4. The van der Waals surface area contributed by atoms with Gasteiger partial charge in [0.25, 0.3) is 5.56 Å². The van der Waals surface area contributed by atoms with Crippen LogP contribution in [0.4, 0.5) is 0 Å². The van der Waals surface area contributed by atoms with Crippen molar-refractivity contribution in [2.45, 2.75) is 19.5 Å². The highest BCUT2D eigenvalue weighted by Crippen LogP contribution is 2.28. The predicted molar refractivity (Wildman–Crippen MR) is 100 cm³/mol. The Morgan fingerprint density at radius 2 is 1.88 bits per heavy atom. The number of benzene rings is 2. The largest absolute Gasteiger partial charge is 0.496 e. The van der Waals surface area contributed by atoms with Crippen molar-refractivity contribution in [3.8, 4) is 5.75 Å². The Labute approximate surface area is 151 Å². The van der Waals surface area contributed by atoms with Crippen LogP contribution in [0.2, 0.25) is 0 Å². The second-order valence-electron chi connectivity index (χ2n) is 6.12. The smallest absolute Gasteiger partial charge is 0.261 e. The number of aromatic nitrogens is 2. The van der Waals surface area contributed by atoms with E-state index in [1.807, 2.05) is 37.3 Å². The van der Waals surface area contributed by atoms with E-state index in [1.165, 1.54) is 10.9 Å². The minimum atomic E-state index is -0.220. The van der Waals surface area contributed by atoms with E-state index in [1.54, 1.807) is 37.3 Å². The standard InChI is InChI=1S/C20H21N3O3/c1-14(15-8-5-7-11-18(15)26-3)22(2)19(24)12-23-13-21-17-10-6-4-9-16(17)20(23)25/h4-11,13-14H,12H2,1-3H3/t14-/m0/s1. The molecule has 0 saturated carbocycles. The molecule has 6 heteroatoms. The van der Waals surface area contributed by atoms with E-state index in [0.717, 1.165) is 11.3 Å². The lowest BCUT2D eigenvalue weighted by atomic mass is 10.1. The third-order valence-corrected chi connectivity index (χ3v) is 4.60. The van der Waals surface area contributed by atoms with Crippen LogP contribution in [0.5, 0.6) is 5.75 Å². The number of carbonyl (C=O) groups is 1. The highest BCUT2D eigenvalue weighted by Gasteiger charge is 2.21. The molecule has 1 heterocycles. The minimum absolute atomic E-state index is 0.0628. The van der Waals surface area contributed by atoms with Crippen molar-refractivity contribution in [1.29, 1.82) is 0 Å². The van der Waals surface area contributed by atoms with Crippen LogP contribution in [-0.4, -0.2) is 34.5 Å². The van der Waals surface area contributed by atoms with Gasteiger partial charge in [0.2, 0.25) is 5.91 Å². The number of rotatable bonds is 5. The van der Waals surface area contributed by atoms with Gasteiger partial charge in [0.15, 0.2) is 0 Å². The molecule has 134 valence electrons. The summed E-state index contributed by atoms with van der Waals surface area (Å²) in [6.45, 7) is 1.86. The summed E-state index contributed by atoms with van der Waals surface area (Å²) in [6.07, 6.45) is 1.42. The van der Waals surface area contributed by atoms with Gasteiger partial charge >= 0.3 is 0 Å². The fraction of sp³-hybridized carbons (Fsp3) is 0.250. The molecule has 0 aliphatic carbocycles. The van der Waals surface area contributed by atoms with Crippen LogP contribution in [0.1, 0.15) is 18.5 Å². The van der Waals surface area contributed by atoms with Crippen molar-refractivity contribution in [3.05, 3.63) is 70.8 Å². The predicted octanol–water partition coefficient (Wildman–Crippen LogP) is 2.62. The van der Waals surface area contributed by atoms with Gasteiger partial charge < -0.3 is 9.64 Å². The molecule has 0 radical (unpaired) electrons. The molecule has 0 N–H and O–H groups in total. The summed E-state index contributed by atoms with van der Waals surface area (Å²) in [5.74, 6) is 0.548. The molecule has 0 aliphatic heterocycles. The number of methoxy groups -OCH3 is 1. The van der Waals surface area contributed by atoms with Gasteiger partial charge in [0, 0.05) is 12.6 Å². The van der Waals surface area contributed by atoms with Gasteiger partial charge in [0.05, 0.1) is 30.4 Å². The van der Waals surface area contributed by atoms with Crippen LogP contribution in [0.15, 0.2) is 59.7 Å². The monoisotopic (exact) mass is 351 g/mol. The molecule has 0 bridgehead atoms. The maximum atomic E-state index is 12.7. The van der Waals surface area contributed by atoms with Crippen molar-refractivity contribution in [3.63, 3.8) is 0 Å². The van der Waals surface area contributed by atoms with Crippen LogP contribution >= 0.6 is 0 Å². The highest BCUT2D eigenvalue weighted by molar-refractivity contribution is 5.79. The van der Waals surface area contributed by atoms with Gasteiger partial charge in [0.1, 0.15) is 12.3 Å². The van der Waals surface area contributed by atoms with Crippen molar-refractivity contribution in [2.24, 2.45) is 0 Å². The summed E-state index contributed by atoms with van der Waals surface area (Å²) in [6, 6.07) is 14.5. The Morgan fingerprint density at radius 1 is 1.19 bits per heavy atom. The van der Waals surface area contributed by atoms with Gasteiger partial charge in [-0.25, -0.2) is 4.98 Å². The SMILES string of the molecule is COc1ccccc1[C@H](C)N(C)C(=O)Cn1cnc2ccccc2c1=O. The molecular weight excluding hydrogens is 330 g/mol. The lowest BCUT2D eigenvalue weighted by Crippen LogP contribution is -2.35. The molecule has 1 aromatic heterocycles. The van der Waals surface area contributed by atoms with E-state index >= 15 is 0 Å². The molecular formula is C20H21N3O3. The number of fused-ring (bicyclic) bond motifs is 1. The first-order valence-corrected chi connectivity index (χ1v) is 8.35. The normalized spacial score (nSPS) is 12.0. The first-order chi connectivity index (χ1) is 12.5. The van der Waals surface area contributed by atoms with E-state index in [0.29, 0.717) is 10.9 Å². The molecule has 0 aliphatic rings. The Kier molecular flexibility index (Phi) is 5.02. The van der Waals surface area contributed by atoms with Crippen molar-refractivity contribution < 1.29 is 9.53 Å². The van der Waals surface area contributed by atoms with Crippen LogP contribution < -0.4 is 10.3 Å². The lowest BCUT2D eigenvalue weighted by Gasteiger charge is -2.26. The molecule has 2 aromatic carbocycles. The zero-order valence-corrected chi connectivity index (χ0v) is 15.0. The lowest BCUT2D eigenvalue weighted by molar-refractivity contribution is -0.132. The Bertz CT molecular complexity index is 997. The van der Waals surface area contributed by atoms with Crippen LogP contribution in [-0.2, 0) is 11.3 Å². The minimum Gasteiger partial charge on any atom is -0.496 e. The molecule has 1 atom stereocenters. The van der Waals surface area contributed by atoms with Crippen molar-refractivity contribution >= 4 is 16.8 Å². The molecule has 6 nitrogen and oxygen atoms in total. The topological polar surface area (TPSA) is 64.4 Å². The van der Waals surface area contributed by atoms with Crippen molar-refractivity contribution in [1.82, 2.24) is 14.5 Å². The maximum absolute atomic E-state index is 12.7.